The third-order valence-corrected chi connectivity index (χ3v) is 4.40. The van der Waals surface area contributed by atoms with E-state index in [0.29, 0.717) is 23.4 Å². The summed E-state index contributed by atoms with van der Waals surface area (Å²) in [6.45, 7) is 1.81. The average molecular weight is 336 g/mol. The van der Waals surface area contributed by atoms with Gasteiger partial charge in [-0.2, -0.15) is 0 Å². The summed E-state index contributed by atoms with van der Waals surface area (Å²) in [5.74, 6) is -0.144. The number of ketones is 1. The Morgan fingerprint density at radius 3 is 2.72 bits per heavy atom. The third-order valence-electron chi connectivity index (χ3n) is 4.40. The Bertz CT molecular complexity index is 940. The first kappa shape index (κ1) is 15.3. The molecular formula is C17H16N6O2. The molecule has 0 radical (unpaired) electrons. The number of nitrogens with zero attached hydrogens (tertiary/aromatic N) is 4. The van der Waals surface area contributed by atoms with Crippen LogP contribution < -0.4 is 5.32 Å². The number of carbonyl (C=O) groups is 2. The molecule has 3 aromatic rings. The van der Waals surface area contributed by atoms with E-state index >= 15 is 0 Å². The minimum atomic E-state index is -0.255. The SMILES string of the molecule is Cc1c(C(=O)Nc2ccc(-n3cnnn3)cc2)[nH]c2c1C(=O)CCC2. The largest absolute Gasteiger partial charge is 0.354 e. The van der Waals surface area contributed by atoms with Crippen molar-refractivity contribution in [3.8, 4) is 5.69 Å². The lowest BCUT2D eigenvalue weighted by molar-refractivity contribution is 0.0971. The predicted octanol–water partition coefficient (Wildman–Crippen LogP) is 2.07. The molecule has 1 amide bonds. The number of hydrogen-bond acceptors (Lipinski definition) is 5. The number of benzene rings is 1. The minimum absolute atomic E-state index is 0.111. The fourth-order valence-corrected chi connectivity index (χ4v) is 3.17. The van der Waals surface area contributed by atoms with Gasteiger partial charge in [-0.1, -0.05) is 0 Å². The van der Waals surface area contributed by atoms with Gasteiger partial charge in [0, 0.05) is 23.4 Å². The smallest absolute Gasteiger partial charge is 0.272 e. The number of tetrazole rings is 1. The molecule has 0 fully saturated rings. The van der Waals surface area contributed by atoms with Crippen molar-refractivity contribution in [1.29, 1.82) is 0 Å². The zero-order chi connectivity index (χ0) is 17.4. The molecule has 1 aromatic carbocycles. The third kappa shape index (κ3) is 2.71. The van der Waals surface area contributed by atoms with Crippen molar-refractivity contribution in [1.82, 2.24) is 25.2 Å². The number of Topliss-reactive ketones (excluding diaryl/α,β-unsaturated/α-hetero) is 1. The van der Waals surface area contributed by atoms with E-state index in [2.05, 4.69) is 25.8 Å². The maximum absolute atomic E-state index is 12.6. The van der Waals surface area contributed by atoms with Crippen LogP contribution in [0.3, 0.4) is 0 Å². The van der Waals surface area contributed by atoms with Crippen LogP contribution in [-0.2, 0) is 6.42 Å². The van der Waals surface area contributed by atoms with E-state index in [1.165, 1.54) is 11.0 Å². The van der Waals surface area contributed by atoms with Crippen LogP contribution >= 0.6 is 0 Å². The van der Waals surface area contributed by atoms with E-state index in [9.17, 15) is 9.59 Å². The summed E-state index contributed by atoms with van der Waals surface area (Å²) in [5.41, 5.74) is 4.17. The van der Waals surface area contributed by atoms with Gasteiger partial charge in [0.15, 0.2) is 5.78 Å². The molecule has 2 aromatic heterocycles. The van der Waals surface area contributed by atoms with Gasteiger partial charge in [-0.05, 0) is 60.0 Å². The van der Waals surface area contributed by atoms with E-state index in [0.717, 1.165) is 29.8 Å². The number of fused-ring (bicyclic) bond motifs is 1. The summed E-state index contributed by atoms with van der Waals surface area (Å²) in [5, 5.41) is 13.8. The standard InChI is InChI=1S/C17H16N6O2/c1-10-15-13(3-2-4-14(15)24)20-16(10)17(25)19-11-5-7-12(8-6-11)23-9-18-21-22-23/h5-9,20H,2-4H2,1H3,(H,19,25). The highest BCUT2D eigenvalue weighted by molar-refractivity contribution is 6.08. The van der Waals surface area contributed by atoms with Crippen LogP contribution in [0.4, 0.5) is 5.69 Å². The molecule has 0 bridgehead atoms. The monoisotopic (exact) mass is 336 g/mol. The second-order valence-corrected chi connectivity index (χ2v) is 6.01. The number of anilines is 1. The maximum Gasteiger partial charge on any atom is 0.272 e. The predicted molar refractivity (Wildman–Crippen MR) is 89.9 cm³/mol. The fraction of sp³-hybridized carbons (Fsp3) is 0.235. The molecule has 2 heterocycles. The van der Waals surface area contributed by atoms with Crippen molar-refractivity contribution in [2.24, 2.45) is 0 Å². The normalized spacial score (nSPS) is 13.6. The number of carbonyl (C=O) groups excluding carboxylic acids is 2. The molecule has 1 aliphatic carbocycles. The van der Waals surface area contributed by atoms with Crippen molar-refractivity contribution in [2.75, 3.05) is 5.32 Å². The molecule has 0 aliphatic heterocycles. The number of amides is 1. The molecule has 8 nitrogen and oxygen atoms in total. The zero-order valence-electron chi connectivity index (χ0n) is 13.6. The zero-order valence-corrected chi connectivity index (χ0v) is 13.6. The Morgan fingerprint density at radius 1 is 1.24 bits per heavy atom. The van der Waals surface area contributed by atoms with E-state index in [-0.39, 0.29) is 11.7 Å². The molecule has 0 spiro atoms. The Hall–Kier alpha value is -3.29. The molecule has 0 saturated carbocycles. The second-order valence-electron chi connectivity index (χ2n) is 6.01. The van der Waals surface area contributed by atoms with E-state index in [4.69, 9.17) is 0 Å². The summed E-state index contributed by atoms with van der Waals surface area (Å²) in [6, 6.07) is 7.17. The van der Waals surface area contributed by atoms with Crippen molar-refractivity contribution >= 4 is 17.4 Å². The second kappa shape index (κ2) is 5.97. The molecule has 8 heteroatoms. The Kier molecular flexibility index (Phi) is 3.64. The van der Waals surface area contributed by atoms with Crippen LogP contribution in [-0.4, -0.2) is 36.9 Å². The molecular weight excluding hydrogens is 320 g/mol. The number of nitrogens with one attached hydrogen (secondary N) is 2. The van der Waals surface area contributed by atoms with Crippen LogP contribution in [0.25, 0.3) is 5.69 Å². The lowest BCUT2D eigenvalue weighted by Crippen LogP contribution is -2.14. The molecule has 0 atom stereocenters. The van der Waals surface area contributed by atoms with Crippen molar-refractivity contribution in [3.05, 3.63) is 53.1 Å². The molecule has 2 N–H and O–H groups in total. The summed E-state index contributed by atoms with van der Waals surface area (Å²) >= 11 is 0. The fourth-order valence-electron chi connectivity index (χ4n) is 3.17. The van der Waals surface area contributed by atoms with Crippen molar-refractivity contribution < 1.29 is 9.59 Å². The van der Waals surface area contributed by atoms with Gasteiger partial charge in [0.05, 0.1) is 5.69 Å². The van der Waals surface area contributed by atoms with Crippen molar-refractivity contribution in [2.45, 2.75) is 26.2 Å². The summed E-state index contributed by atoms with van der Waals surface area (Å²) in [6.07, 6.45) is 3.67. The first-order chi connectivity index (χ1) is 12.1. The number of rotatable bonds is 3. The van der Waals surface area contributed by atoms with Gasteiger partial charge in [0.2, 0.25) is 0 Å². The van der Waals surface area contributed by atoms with Gasteiger partial charge in [0.1, 0.15) is 12.0 Å². The summed E-state index contributed by atoms with van der Waals surface area (Å²) in [4.78, 5) is 27.8. The number of aromatic amines is 1. The molecule has 25 heavy (non-hydrogen) atoms. The number of aromatic nitrogens is 5. The molecule has 1 aliphatic rings. The maximum atomic E-state index is 12.6. The number of hydrogen-bond donors (Lipinski definition) is 2. The quantitative estimate of drug-likeness (QED) is 0.761. The van der Waals surface area contributed by atoms with Crippen LogP contribution in [0, 0.1) is 6.92 Å². The average Bonchev–Trinajstić information content (AvgIpc) is 3.25. The lowest BCUT2D eigenvalue weighted by Gasteiger charge is -2.09. The van der Waals surface area contributed by atoms with Gasteiger partial charge in [0.25, 0.3) is 5.91 Å². The summed E-state index contributed by atoms with van der Waals surface area (Å²) < 4.78 is 1.53. The Morgan fingerprint density at radius 2 is 2.04 bits per heavy atom. The van der Waals surface area contributed by atoms with Crippen LogP contribution in [0.2, 0.25) is 0 Å². The minimum Gasteiger partial charge on any atom is -0.354 e. The van der Waals surface area contributed by atoms with E-state index < -0.39 is 0 Å². The highest BCUT2D eigenvalue weighted by atomic mass is 16.2. The molecule has 0 saturated heterocycles. The van der Waals surface area contributed by atoms with Crippen LogP contribution in [0.1, 0.15) is 44.9 Å². The van der Waals surface area contributed by atoms with Gasteiger partial charge >= 0.3 is 0 Å². The Labute approximate surface area is 143 Å². The highest BCUT2D eigenvalue weighted by Crippen LogP contribution is 2.27. The molecule has 126 valence electrons. The van der Waals surface area contributed by atoms with Gasteiger partial charge in [-0.25, -0.2) is 4.68 Å². The highest BCUT2D eigenvalue weighted by Gasteiger charge is 2.26. The Balaban J connectivity index is 1.55. The van der Waals surface area contributed by atoms with Gasteiger partial charge < -0.3 is 10.3 Å². The van der Waals surface area contributed by atoms with E-state index in [1.54, 1.807) is 12.1 Å². The summed E-state index contributed by atoms with van der Waals surface area (Å²) in [7, 11) is 0. The molecule has 4 rings (SSSR count). The first-order valence-electron chi connectivity index (χ1n) is 8.03. The first-order valence-corrected chi connectivity index (χ1v) is 8.03. The van der Waals surface area contributed by atoms with Gasteiger partial charge in [-0.15, -0.1) is 5.10 Å². The topological polar surface area (TPSA) is 106 Å². The van der Waals surface area contributed by atoms with Crippen molar-refractivity contribution in [3.63, 3.8) is 0 Å². The van der Waals surface area contributed by atoms with Crippen LogP contribution in [0.15, 0.2) is 30.6 Å². The number of aryl methyl sites for hydroxylation is 1. The van der Waals surface area contributed by atoms with Crippen LogP contribution in [0.5, 0.6) is 0 Å². The molecule has 0 unspecified atom stereocenters. The number of H-pyrrole nitrogens is 1. The van der Waals surface area contributed by atoms with E-state index in [1.807, 2.05) is 19.1 Å². The lowest BCUT2D eigenvalue weighted by atomic mass is 9.94. The van der Waals surface area contributed by atoms with Gasteiger partial charge in [-0.3, -0.25) is 9.59 Å².